The third kappa shape index (κ3) is 3.96. The molecule has 0 spiro atoms. The van der Waals surface area contributed by atoms with Crippen molar-refractivity contribution in [3.05, 3.63) is 35.1 Å². The Morgan fingerprint density at radius 1 is 1.48 bits per heavy atom. The number of carbonyl (C=O) groups excluding carboxylic acids is 1. The van der Waals surface area contributed by atoms with Crippen molar-refractivity contribution in [2.24, 2.45) is 0 Å². The van der Waals surface area contributed by atoms with E-state index in [1.54, 1.807) is 12.3 Å². The van der Waals surface area contributed by atoms with Gasteiger partial charge in [0.1, 0.15) is 17.4 Å². The fourth-order valence-electron chi connectivity index (χ4n) is 3.19. The summed E-state index contributed by atoms with van der Waals surface area (Å²) >= 11 is 0. The number of rotatable bonds is 5. The van der Waals surface area contributed by atoms with Crippen LogP contribution in [-0.4, -0.2) is 57.0 Å². The van der Waals surface area contributed by atoms with Gasteiger partial charge >= 0.3 is 0 Å². The van der Waals surface area contributed by atoms with E-state index < -0.39 is 0 Å². The van der Waals surface area contributed by atoms with Gasteiger partial charge in [-0.1, -0.05) is 5.16 Å². The Balaban J connectivity index is 1.56. The molecule has 0 aromatic carbocycles. The molecule has 134 valence electrons. The lowest BCUT2D eigenvalue weighted by Crippen LogP contribution is -2.37. The number of aromatic nitrogens is 3. The van der Waals surface area contributed by atoms with E-state index >= 15 is 0 Å². The van der Waals surface area contributed by atoms with E-state index in [0.717, 1.165) is 30.0 Å². The maximum atomic E-state index is 12.6. The molecular formula is C17H24N6O2. The van der Waals surface area contributed by atoms with E-state index in [0.29, 0.717) is 37.2 Å². The summed E-state index contributed by atoms with van der Waals surface area (Å²) in [7, 11) is 2.03. The Bertz CT molecular complexity index is 740. The molecular weight excluding hydrogens is 320 g/mol. The van der Waals surface area contributed by atoms with Crippen molar-refractivity contribution in [3.63, 3.8) is 0 Å². The molecule has 8 nitrogen and oxygen atoms in total. The standard InChI is InChI=1S/C17H24N6O2/c1-11-14(12(2)25-21-11)8-17(24)23-7-5-13(9-23)22(3)10-16-19-6-4-15(18)20-16/h4,6,13H,5,7-10H2,1-3H3,(H2,18,19,20). The van der Waals surface area contributed by atoms with E-state index in [2.05, 4.69) is 20.0 Å². The van der Waals surface area contributed by atoms with Crippen LogP contribution in [-0.2, 0) is 17.8 Å². The second kappa shape index (κ2) is 7.18. The summed E-state index contributed by atoms with van der Waals surface area (Å²) in [5.41, 5.74) is 7.39. The van der Waals surface area contributed by atoms with Crippen LogP contribution in [0.1, 0.15) is 29.3 Å². The summed E-state index contributed by atoms with van der Waals surface area (Å²) in [5, 5.41) is 3.91. The van der Waals surface area contributed by atoms with Gasteiger partial charge in [-0.2, -0.15) is 0 Å². The molecule has 0 saturated carbocycles. The predicted octanol–water partition coefficient (Wildman–Crippen LogP) is 0.939. The fourth-order valence-corrected chi connectivity index (χ4v) is 3.19. The van der Waals surface area contributed by atoms with Crippen molar-refractivity contribution >= 4 is 11.7 Å². The summed E-state index contributed by atoms with van der Waals surface area (Å²) < 4.78 is 5.14. The van der Waals surface area contributed by atoms with Crippen LogP contribution in [0.15, 0.2) is 16.8 Å². The van der Waals surface area contributed by atoms with Crippen LogP contribution in [0, 0.1) is 13.8 Å². The van der Waals surface area contributed by atoms with Crippen LogP contribution >= 0.6 is 0 Å². The van der Waals surface area contributed by atoms with Crippen LogP contribution in [0.5, 0.6) is 0 Å². The second-order valence-electron chi connectivity index (χ2n) is 6.57. The first-order valence-corrected chi connectivity index (χ1v) is 8.41. The number of nitrogens with two attached hydrogens (primary N) is 1. The van der Waals surface area contributed by atoms with Gasteiger partial charge in [0.15, 0.2) is 0 Å². The van der Waals surface area contributed by atoms with Crippen molar-refractivity contribution in [1.82, 2.24) is 24.9 Å². The molecule has 3 rings (SSSR count). The van der Waals surface area contributed by atoms with Gasteiger partial charge in [0.05, 0.1) is 18.7 Å². The Kier molecular flexibility index (Phi) is 4.98. The molecule has 2 N–H and O–H groups in total. The third-order valence-corrected chi connectivity index (χ3v) is 4.77. The van der Waals surface area contributed by atoms with Crippen molar-refractivity contribution in [2.75, 3.05) is 25.9 Å². The highest BCUT2D eigenvalue weighted by atomic mass is 16.5. The molecule has 1 aliphatic heterocycles. The fraction of sp³-hybridized carbons (Fsp3) is 0.529. The third-order valence-electron chi connectivity index (χ3n) is 4.77. The largest absolute Gasteiger partial charge is 0.384 e. The lowest BCUT2D eigenvalue weighted by molar-refractivity contribution is -0.129. The van der Waals surface area contributed by atoms with Gasteiger partial charge in [0.25, 0.3) is 0 Å². The number of anilines is 1. The lowest BCUT2D eigenvalue weighted by atomic mass is 10.1. The maximum absolute atomic E-state index is 12.6. The van der Waals surface area contributed by atoms with E-state index in [1.165, 1.54) is 0 Å². The van der Waals surface area contributed by atoms with Crippen LogP contribution in [0.4, 0.5) is 5.82 Å². The average molecular weight is 344 g/mol. The van der Waals surface area contributed by atoms with Gasteiger partial charge in [0.2, 0.25) is 5.91 Å². The van der Waals surface area contributed by atoms with Gasteiger partial charge in [-0.25, -0.2) is 9.97 Å². The molecule has 1 amide bonds. The Morgan fingerprint density at radius 2 is 2.28 bits per heavy atom. The molecule has 0 bridgehead atoms. The number of carbonyl (C=O) groups is 1. The number of nitrogens with zero attached hydrogens (tertiary/aromatic N) is 5. The number of hydrogen-bond donors (Lipinski definition) is 1. The Labute approximate surface area is 147 Å². The van der Waals surface area contributed by atoms with E-state index in [1.807, 2.05) is 25.8 Å². The van der Waals surface area contributed by atoms with Crippen LogP contribution < -0.4 is 5.73 Å². The predicted molar refractivity (Wildman–Crippen MR) is 92.6 cm³/mol. The van der Waals surface area contributed by atoms with Gasteiger partial charge in [-0.3, -0.25) is 9.69 Å². The van der Waals surface area contributed by atoms with E-state index in [9.17, 15) is 4.79 Å². The van der Waals surface area contributed by atoms with Crippen LogP contribution in [0.25, 0.3) is 0 Å². The summed E-state index contributed by atoms with van der Waals surface area (Å²) in [4.78, 5) is 25.2. The zero-order valence-electron chi connectivity index (χ0n) is 14.9. The summed E-state index contributed by atoms with van der Waals surface area (Å²) in [5.74, 6) is 2.01. The second-order valence-corrected chi connectivity index (χ2v) is 6.57. The first-order valence-electron chi connectivity index (χ1n) is 8.41. The molecule has 1 fully saturated rings. The highest BCUT2D eigenvalue weighted by Gasteiger charge is 2.30. The number of nitrogen functional groups attached to an aromatic ring is 1. The first kappa shape index (κ1) is 17.3. The quantitative estimate of drug-likeness (QED) is 0.861. The zero-order chi connectivity index (χ0) is 18.0. The molecule has 1 saturated heterocycles. The summed E-state index contributed by atoms with van der Waals surface area (Å²) in [6.45, 7) is 5.79. The van der Waals surface area contributed by atoms with Crippen LogP contribution in [0.3, 0.4) is 0 Å². The smallest absolute Gasteiger partial charge is 0.227 e. The average Bonchev–Trinajstić information content (AvgIpc) is 3.17. The Hall–Kier alpha value is -2.48. The van der Waals surface area contributed by atoms with E-state index in [4.69, 9.17) is 10.3 Å². The Morgan fingerprint density at radius 3 is 2.96 bits per heavy atom. The molecule has 8 heteroatoms. The number of aryl methyl sites for hydroxylation is 2. The monoisotopic (exact) mass is 344 g/mol. The first-order chi connectivity index (χ1) is 11.9. The minimum Gasteiger partial charge on any atom is -0.384 e. The molecule has 25 heavy (non-hydrogen) atoms. The molecule has 0 radical (unpaired) electrons. The number of hydrogen-bond acceptors (Lipinski definition) is 7. The molecule has 3 heterocycles. The van der Waals surface area contributed by atoms with Crippen molar-refractivity contribution < 1.29 is 9.32 Å². The number of likely N-dealkylation sites (N-methyl/N-ethyl adjacent to an activating group) is 1. The highest BCUT2D eigenvalue weighted by molar-refractivity contribution is 5.79. The molecule has 1 atom stereocenters. The van der Waals surface area contributed by atoms with Gasteiger partial charge in [-0.05, 0) is 33.4 Å². The lowest BCUT2D eigenvalue weighted by Gasteiger charge is -2.24. The SMILES string of the molecule is Cc1noc(C)c1CC(=O)N1CCC(N(C)Cc2nccc(N)n2)C1. The number of amides is 1. The summed E-state index contributed by atoms with van der Waals surface area (Å²) in [6, 6.07) is 1.97. The molecule has 0 aliphatic carbocycles. The normalized spacial score (nSPS) is 17.4. The van der Waals surface area contributed by atoms with Crippen LogP contribution in [0.2, 0.25) is 0 Å². The minimum absolute atomic E-state index is 0.116. The molecule has 2 aromatic rings. The molecule has 1 aliphatic rings. The highest BCUT2D eigenvalue weighted by Crippen LogP contribution is 2.19. The van der Waals surface area contributed by atoms with Crippen molar-refractivity contribution in [3.8, 4) is 0 Å². The molecule has 2 aromatic heterocycles. The van der Waals surface area contributed by atoms with Crippen molar-refractivity contribution in [2.45, 2.75) is 39.3 Å². The maximum Gasteiger partial charge on any atom is 0.227 e. The summed E-state index contributed by atoms with van der Waals surface area (Å²) in [6.07, 6.45) is 2.95. The van der Waals surface area contributed by atoms with Gasteiger partial charge < -0.3 is 15.2 Å². The van der Waals surface area contributed by atoms with Gasteiger partial charge in [0, 0.05) is 30.9 Å². The van der Waals surface area contributed by atoms with E-state index in [-0.39, 0.29) is 5.91 Å². The zero-order valence-corrected chi connectivity index (χ0v) is 14.9. The van der Waals surface area contributed by atoms with Gasteiger partial charge in [-0.15, -0.1) is 0 Å². The topological polar surface area (TPSA) is 101 Å². The number of likely N-dealkylation sites (tertiary alicyclic amines) is 1. The van der Waals surface area contributed by atoms with Crippen molar-refractivity contribution in [1.29, 1.82) is 0 Å². The molecule has 1 unspecified atom stereocenters. The minimum atomic E-state index is 0.116.